The summed E-state index contributed by atoms with van der Waals surface area (Å²) in [5.41, 5.74) is -0.552. The first kappa shape index (κ1) is 13.6. The fraction of sp³-hybridized carbons (Fsp3) is 0.167. The molecule has 1 nitrogen and oxygen atoms in total. The minimum atomic E-state index is -4.41. The molecule has 1 aromatic heterocycles. The third-order valence-corrected chi connectivity index (χ3v) is 4.08. The predicted octanol–water partition coefficient (Wildman–Crippen LogP) is 4.61. The van der Waals surface area contributed by atoms with Gasteiger partial charge in [-0.25, -0.2) is 0 Å². The van der Waals surface area contributed by atoms with E-state index >= 15 is 0 Å². The van der Waals surface area contributed by atoms with Crippen molar-refractivity contribution in [3.63, 3.8) is 0 Å². The second kappa shape index (κ2) is 5.03. The first-order valence-corrected chi connectivity index (χ1v) is 6.65. The fourth-order valence-electron chi connectivity index (χ4n) is 1.53. The van der Waals surface area contributed by atoms with Crippen LogP contribution in [-0.2, 0) is 6.18 Å². The summed E-state index contributed by atoms with van der Waals surface area (Å²) < 4.78 is 38.3. The molecule has 6 heteroatoms. The summed E-state index contributed by atoms with van der Waals surface area (Å²) in [4.78, 5) is 0.607. The van der Waals surface area contributed by atoms with E-state index in [1.165, 1.54) is 17.4 Å². The molecule has 0 saturated carbocycles. The molecule has 0 radical (unpaired) electrons. The number of aliphatic hydroxyl groups is 1. The monoisotopic (exact) mass is 336 g/mol. The molecule has 1 N–H and O–H groups in total. The maximum atomic E-state index is 12.6. The van der Waals surface area contributed by atoms with Crippen LogP contribution in [0.4, 0.5) is 13.2 Å². The van der Waals surface area contributed by atoms with Gasteiger partial charge < -0.3 is 5.11 Å². The molecule has 96 valence electrons. The van der Waals surface area contributed by atoms with E-state index in [0.717, 1.165) is 12.1 Å². The lowest BCUT2D eigenvalue weighted by Gasteiger charge is -2.14. The van der Waals surface area contributed by atoms with Gasteiger partial charge in [0.1, 0.15) is 6.10 Å². The van der Waals surface area contributed by atoms with E-state index in [-0.39, 0.29) is 5.56 Å². The summed E-state index contributed by atoms with van der Waals surface area (Å²) in [6.07, 6.45) is -5.47. The largest absolute Gasteiger partial charge is 0.416 e. The molecule has 0 saturated heterocycles. The van der Waals surface area contributed by atoms with Crippen LogP contribution in [0.1, 0.15) is 22.1 Å². The number of thiophene rings is 1. The highest BCUT2D eigenvalue weighted by atomic mass is 79.9. The molecule has 1 aromatic carbocycles. The highest BCUT2D eigenvalue weighted by Gasteiger charge is 2.31. The van der Waals surface area contributed by atoms with Crippen molar-refractivity contribution in [1.82, 2.24) is 0 Å². The van der Waals surface area contributed by atoms with Crippen LogP contribution in [0.5, 0.6) is 0 Å². The van der Waals surface area contributed by atoms with Crippen molar-refractivity contribution in [2.75, 3.05) is 0 Å². The number of hydrogen-bond donors (Lipinski definition) is 1. The Bertz CT molecular complexity index is 537. The van der Waals surface area contributed by atoms with Gasteiger partial charge in [-0.2, -0.15) is 13.2 Å². The second-order valence-corrected chi connectivity index (χ2v) is 5.49. The highest BCUT2D eigenvalue weighted by Crippen LogP contribution is 2.36. The lowest BCUT2D eigenvalue weighted by Crippen LogP contribution is -2.07. The van der Waals surface area contributed by atoms with Crippen molar-refractivity contribution >= 4 is 27.3 Å². The van der Waals surface area contributed by atoms with E-state index < -0.39 is 17.8 Å². The molecule has 0 fully saturated rings. The highest BCUT2D eigenvalue weighted by molar-refractivity contribution is 9.10. The quantitative estimate of drug-likeness (QED) is 0.848. The van der Waals surface area contributed by atoms with E-state index in [1.807, 2.05) is 0 Å². The van der Waals surface area contributed by atoms with Crippen LogP contribution in [0, 0.1) is 0 Å². The summed E-state index contributed by atoms with van der Waals surface area (Å²) in [5, 5.41) is 11.8. The van der Waals surface area contributed by atoms with Gasteiger partial charge in [0.25, 0.3) is 0 Å². The Labute approximate surface area is 114 Å². The van der Waals surface area contributed by atoms with E-state index in [1.54, 1.807) is 17.5 Å². The van der Waals surface area contributed by atoms with Crippen molar-refractivity contribution in [3.8, 4) is 0 Å². The van der Waals surface area contributed by atoms with Crippen molar-refractivity contribution in [2.24, 2.45) is 0 Å². The lowest BCUT2D eigenvalue weighted by molar-refractivity contribution is -0.137. The predicted molar refractivity (Wildman–Crippen MR) is 67.5 cm³/mol. The topological polar surface area (TPSA) is 20.2 Å². The summed E-state index contributed by atoms with van der Waals surface area (Å²) in [6.45, 7) is 0. The Morgan fingerprint density at radius 1 is 1.22 bits per heavy atom. The number of benzene rings is 1. The van der Waals surface area contributed by atoms with Crippen LogP contribution in [-0.4, -0.2) is 5.11 Å². The molecule has 0 spiro atoms. The average molecular weight is 337 g/mol. The van der Waals surface area contributed by atoms with Gasteiger partial charge in [-0.05, 0) is 29.6 Å². The number of alkyl halides is 3. The van der Waals surface area contributed by atoms with Gasteiger partial charge in [0.2, 0.25) is 0 Å². The Morgan fingerprint density at radius 2 is 1.94 bits per heavy atom. The van der Waals surface area contributed by atoms with Crippen LogP contribution in [0.2, 0.25) is 0 Å². The maximum absolute atomic E-state index is 12.6. The molecule has 0 amide bonds. The van der Waals surface area contributed by atoms with E-state index in [4.69, 9.17) is 0 Å². The molecule has 0 aliphatic rings. The maximum Gasteiger partial charge on any atom is 0.416 e. The SMILES string of the molecule is OC(c1cccs1)c1cc(C(F)(F)F)ccc1Br. The zero-order valence-corrected chi connectivity index (χ0v) is 11.3. The zero-order chi connectivity index (χ0) is 13.3. The molecule has 2 aromatic rings. The van der Waals surface area contributed by atoms with E-state index in [0.29, 0.717) is 9.35 Å². The molecule has 1 atom stereocenters. The smallest absolute Gasteiger partial charge is 0.383 e. The lowest BCUT2D eigenvalue weighted by atomic mass is 10.0. The Balaban J connectivity index is 2.44. The van der Waals surface area contributed by atoms with Gasteiger partial charge in [-0.1, -0.05) is 22.0 Å². The van der Waals surface area contributed by atoms with Gasteiger partial charge in [0.05, 0.1) is 5.56 Å². The van der Waals surface area contributed by atoms with Gasteiger partial charge in [-0.3, -0.25) is 0 Å². The van der Waals surface area contributed by atoms with Gasteiger partial charge in [0.15, 0.2) is 0 Å². The van der Waals surface area contributed by atoms with E-state index in [9.17, 15) is 18.3 Å². The molecular weight excluding hydrogens is 329 g/mol. The average Bonchev–Trinajstić information content (AvgIpc) is 2.80. The zero-order valence-electron chi connectivity index (χ0n) is 8.91. The van der Waals surface area contributed by atoms with Gasteiger partial charge in [-0.15, -0.1) is 11.3 Å². The van der Waals surface area contributed by atoms with Gasteiger partial charge >= 0.3 is 6.18 Å². The van der Waals surface area contributed by atoms with Crippen LogP contribution in [0.3, 0.4) is 0 Å². The molecular formula is C12H8BrF3OS. The summed E-state index contributed by atoms with van der Waals surface area (Å²) in [6, 6.07) is 6.67. The van der Waals surface area contributed by atoms with Crippen molar-refractivity contribution in [2.45, 2.75) is 12.3 Å². The Kier molecular flexibility index (Phi) is 3.79. The van der Waals surface area contributed by atoms with Crippen LogP contribution >= 0.6 is 27.3 Å². The molecule has 1 heterocycles. The second-order valence-electron chi connectivity index (χ2n) is 3.65. The van der Waals surface area contributed by atoms with Crippen LogP contribution in [0.15, 0.2) is 40.2 Å². The Hall–Kier alpha value is -0.850. The first-order chi connectivity index (χ1) is 8.39. The van der Waals surface area contributed by atoms with Crippen molar-refractivity contribution in [3.05, 3.63) is 56.2 Å². The minimum Gasteiger partial charge on any atom is -0.383 e. The Morgan fingerprint density at radius 3 is 2.50 bits per heavy atom. The normalized spacial score (nSPS) is 13.6. The molecule has 0 aliphatic heterocycles. The number of halogens is 4. The van der Waals surface area contributed by atoms with Crippen LogP contribution in [0.25, 0.3) is 0 Å². The van der Waals surface area contributed by atoms with Crippen molar-refractivity contribution < 1.29 is 18.3 Å². The number of aliphatic hydroxyl groups excluding tert-OH is 1. The summed E-state index contributed by atoms with van der Waals surface area (Å²) in [7, 11) is 0. The summed E-state index contributed by atoms with van der Waals surface area (Å²) >= 11 is 4.46. The van der Waals surface area contributed by atoms with Crippen molar-refractivity contribution in [1.29, 1.82) is 0 Å². The van der Waals surface area contributed by atoms with Crippen LogP contribution < -0.4 is 0 Å². The fourth-order valence-corrected chi connectivity index (χ4v) is 2.72. The first-order valence-electron chi connectivity index (χ1n) is 4.97. The number of rotatable bonds is 2. The third-order valence-electron chi connectivity index (χ3n) is 2.43. The molecule has 0 bridgehead atoms. The van der Waals surface area contributed by atoms with Gasteiger partial charge in [0, 0.05) is 14.9 Å². The molecule has 0 aliphatic carbocycles. The standard InChI is InChI=1S/C12H8BrF3OS/c13-9-4-3-7(12(14,15)16)6-8(9)11(17)10-2-1-5-18-10/h1-6,11,17H. The number of hydrogen-bond acceptors (Lipinski definition) is 2. The molecule has 18 heavy (non-hydrogen) atoms. The summed E-state index contributed by atoms with van der Waals surface area (Å²) in [5.74, 6) is 0. The third kappa shape index (κ3) is 2.76. The molecule has 2 rings (SSSR count). The minimum absolute atomic E-state index is 0.215. The molecule has 1 unspecified atom stereocenters. The van der Waals surface area contributed by atoms with E-state index in [2.05, 4.69) is 15.9 Å².